The molecule has 0 aromatic carbocycles. The highest BCUT2D eigenvalue weighted by atomic mass is 35.5. The largest absolute Gasteiger partial charge is 0.480 e. The maximum Gasteiger partial charge on any atom is 0.317 e. The number of hydrogen-bond acceptors (Lipinski definition) is 6. The minimum absolute atomic E-state index is 0. The van der Waals surface area contributed by atoms with E-state index in [1.807, 2.05) is 9.80 Å². The van der Waals surface area contributed by atoms with E-state index in [0.717, 1.165) is 64.7 Å². The molecular weight excluding hydrogens is 703 g/mol. The zero-order chi connectivity index (χ0) is 39.5. The number of carbonyl (C=O) groups excluding carboxylic acids is 2. The molecule has 0 bridgehead atoms. The van der Waals surface area contributed by atoms with Crippen LogP contribution in [0.3, 0.4) is 0 Å². The van der Waals surface area contributed by atoms with Crippen LogP contribution < -0.4 is 11.1 Å². The van der Waals surface area contributed by atoms with Gasteiger partial charge in [0.2, 0.25) is 11.8 Å². The number of carbonyl (C=O) groups is 4. The number of unbranched alkanes of at least 4 members (excludes halogenated alkanes) is 4. The summed E-state index contributed by atoms with van der Waals surface area (Å²) in [4.78, 5) is 48.7. The van der Waals surface area contributed by atoms with Gasteiger partial charge in [-0.2, -0.15) is 0 Å². The van der Waals surface area contributed by atoms with Crippen LogP contribution in [0.1, 0.15) is 158 Å². The summed E-state index contributed by atoms with van der Waals surface area (Å²) in [6.45, 7) is 20.8. The van der Waals surface area contributed by atoms with Crippen molar-refractivity contribution in [2.24, 2.45) is 29.4 Å². The molecule has 0 fully saturated rings. The van der Waals surface area contributed by atoms with E-state index >= 15 is 0 Å². The van der Waals surface area contributed by atoms with Gasteiger partial charge in [-0.3, -0.25) is 24.5 Å². The van der Waals surface area contributed by atoms with Crippen LogP contribution >= 0.6 is 24.0 Å². The molecule has 0 aliphatic heterocycles. The number of carboxylic acid groups (broad SMARTS) is 2. The van der Waals surface area contributed by atoms with E-state index in [1.165, 1.54) is 64.2 Å². The van der Waals surface area contributed by atoms with Gasteiger partial charge < -0.3 is 25.7 Å². The van der Waals surface area contributed by atoms with Crippen molar-refractivity contribution in [2.75, 3.05) is 51.7 Å². The van der Waals surface area contributed by atoms with Crippen molar-refractivity contribution in [3.63, 3.8) is 0 Å². The van der Waals surface area contributed by atoms with Gasteiger partial charge in [-0.15, -0.1) is 24.0 Å². The van der Waals surface area contributed by atoms with Gasteiger partial charge >= 0.3 is 11.9 Å². The fourth-order valence-corrected chi connectivity index (χ4v) is 6.11. The first kappa shape index (κ1) is 57.1. The molecular formula is C40H82Cl2N4O6. The summed E-state index contributed by atoms with van der Waals surface area (Å²) in [5.41, 5.74) is 4.57. The number of halogens is 2. The van der Waals surface area contributed by atoms with Crippen LogP contribution in [0.4, 0.5) is 0 Å². The molecule has 52 heavy (non-hydrogen) atoms. The number of hydrogen-bond donors (Lipinski definition) is 4. The molecule has 0 heterocycles. The summed E-state index contributed by atoms with van der Waals surface area (Å²) in [6.07, 6.45) is 19.0. The van der Waals surface area contributed by atoms with Crippen LogP contribution in [-0.2, 0) is 19.2 Å². The molecule has 0 aromatic heterocycles. The third-order valence-corrected chi connectivity index (χ3v) is 9.86. The van der Waals surface area contributed by atoms with Gasteiger partial charge in [0.15, 0.2) is 0 Å². The average Bonchev–Trinajstić information content (AvgIpc) is 3.13. The van der Waals surface area contributed by atoms with Gasteiger partial charge in [0, 0.05) is 26.2 Å². The highest BCUT2D eigenvalue weighted by molar-refractivity contribution is 6.27. The van der Waals surface area contributed by atoms with Crippen molar-refractivity contribution < 1.29 is 29.4 Å². The second-order valence-corrected chi connectivity index (χ2v) is 14.3. The lowest BCUT2D eigenvalue weighted by Crippen LogP contribution is -2.44. The van der Waals surface area contributed by atoms with Gasteiger partial charge in [0.1, 0.15) is 5.88 Å². The second-order valence-electron chi connectivity index (χ2n) is 14.0. The number of alkyl halides is 1. The third-order valence-electron chi connectivity index (χ3n) is 9.63. The molecule has 0 aliphatic rings. The highest BCUT2D eigenvalue weighted by Crippen LogP contribution is 2.20. The van der Waals surface area contributed by atoms with Crippen molar-refractivity contribution in [2.45, 2.75) is 158 Å². The maximum absolute atomic E-state index is 12.6. The van der Waals surface area contributed by atoms with Crippen LogP contribution in [-0.4, -0.2) is 95.5 Å². The first-order chi connectivity index (χ1) is 24.4. The molecule has 5 N–H and O–H groups in total. The van der Waals surface area contributed by atoms with Crippen LogP contribution in [0.15, 0.2) is 0 Å². The van der Waals surface area contributed by atoms with Gasteiger partial charge in [0.25, 0.3) is 0 Å². The Morgan fingerprint density at radius 2 is 0.846 bits per heavy atom. The SMILES string of the molecule is CCCCC(CC)CN(CC(CC)CCCC)C(=O)CCl.CCCCC(CC)CN(CC(CC)CCCC)C(=O)CNCC(=O)O.Cl.NCC(=O)O. The molecule has 0 aliphatic carbocycles. The predicted molar refractivity (Wildman–Crippen MR) is 222 cm³/mol. The fourth-order valence-electron chi connectivity index (χ4n) is 5.94. The maximum atomic E-state index is 12.6. The first-order valence-corrected chi connectivity index (χ1v) is 20.9. The van der Waals surface area contributed by atoms with Crippen molar-refractivity contribution in [1.29, 1.82) is 0 Å². The Morgan fingerprint density at radius 1 is 0.558 bits per heavy atom. The van der Waals surface area contributed by atoms with Crippen LogP contribution in [0.2, 0.25) is 0 Å². The first-order valence-electron chi connectivity index (χ1n) is 20.3. The molecule has 4 atom stereocenters. The van der Waals surface area contributed by atoms with Crippen molar-refractivity contribution >= 4 is 47.8 Å². The second kappa shape index (κ2) is 40.6. The van der Waals surface area contributed by atoms with E-state index in [2.05, 4.69) is 66.4 Å². The van der Waals surface area contributed by atoms with E-state index in [-0.39, 0.29) is 49.7 Å². The van der Waals surface area contributed by atoms with Crippen LogP contribution in [0, 0.1) is 23.7 Å². The number of rotatable bonds is 30. The number of carboxylic acids is 2. The summed E-state index contributed by atoms with van der Waals surface area (Å²) in [5.74, 6) is 0.690. The summed E-state index contributed by atoms with van der Waals surface area (Å²) in [7, 11) is 0. The Labute approximate surface area is 330 Å². The van der Waals surface area contributed by atoms with E-state index < -0.39 is 11.9 Å². The normalized spacial score (nSPS) is 12.8. The highest BCUT2D eigenvalue weighted by Gasteiger charge is 2.22. The standard InChI is InChI=1S/C20H40N2O3.C18H36ClNO.C2H5NO2.ClH/c1-5-9-11-17(7-3)15-22(16-18(8-4)12-10-6-2)19(23)13-21-14-20(24)25;1-5-9-11-16(7-3)14-20(18(21)13-19)15-17(8-4)12-10-6-2;3-1-2(4)5;/h17-18,21H,5-16H2,1-4H3,(H,24,25);16-17H,5-15H2,1-4H3;1,3H2,(H,4,5);1H. The Balaban J connectivity index is -0.000000389. The molecule has 312 valence electrons. The molecule has 0 saturated heterocycles. The molecule has 4 unspecified atom stereocenters. The lowest BCUT2D eigenvalue weighted by atomic mass is 9.95. The van der Waals surface area contributed by atoms with Gasteiger partial charge in [-0.25, -0.2) is 0 Å². The lowest BCUT2D eigenvalue weighted by Gasteiger charge is -2.31. The van der Waals surface area contributed by atoms with E-state index in [9.17, 15) is 19.2 Å². The number of nitrogens with zero attached hydrogens (tertiary/aromatic N) is 2. The molecule has 0 rings (SSSR count). The predicted octanol–water partition coefficient (Wildman–Crippen LogP) is 8.86. The summed E-state index contributed by atoms with van der Waals surface area (Å²) < 4.78 is 0. The van der Waals surface area contributed by atoms with Gasteiger partial charge in [-0.05, 0) is 49.4 Å². The van der Waals surface area contributed by atoms with Gasteiger partial charge in [0.05, 0.1) is 19.6 Å². The molecule has 0 radical (unpaired) electrons. The van der Waals surface area contributed by atoms with Crippen LogP contribution in [0.25, 0.3) is 0 Å². The number of amides is 2. The zero-order valence-corrected chi connectivity index (χ0v) is 36.1. The van der Waals surface area contributed by atoms with E-state index in [4.69, 9.17) is 21.8 Å². The molecule has 12 heteroatoms. The summed E-state index contributed by atoms with van der Waals surface area (Å²) in [6, 6.07) is 0. The number of nitrogens with one attached hydrogen (secondary N) is 1. The summed E-state index contributed by atoms with van der Waals surface area (Å²) >= 11 is 5.82. The van der Waals surface area contributed by atoms with Crippen molar-refractivity contribution in [3.05, 3.63) is 0 Å². The Kier molecular flexibility index (Phi) is 44.5. The smallest absolute Gasteiger partial charge is 0.317 e. The Bertz CT molecular complexity index is 819. The number of aliphatic carboxylic acids is 2. The van der Waals surface area contributed by atoms with Crippen molar-refractivity contribution in [1.82, 2.24) is 15.1 Å². The average molecular weight is 786 g/mol. The van der Waals surface area contributed by atoms with Gasteiger partial charge in [-0.1, -0.05) is 132 Å². The van der Waals surface area contributed by atoms with E-state index in [1.54, 1.807) is 0 Å². The minimum Gasteiger partial charge on any atom is -0.480 e. The third kappa shape index (κ3) is 34.2. The lowest BCUT2D eigenvalue weighted by molar-refractivity contribution is -0.137. The minimum atomic E-state index is -0.968. The van der Waals surface area contributed by atoms with Crippen molar-refractivity contribution in [3.8, 4) is 0 Å². The topological polar surface area (TPSA) is 153 Å². The molecule has 0 saturated carbocycles. The zero-order valence-electron chi connectivity index (χ0n) is 34.6. The van der Waals surface area contributed by atoms with Crippen LogP contribution in [0.5, 0.6) is 0 Å². The monoisotopic (exact) mass is 785 g/mol. The van der Waals surface area contributed by atoms with E-state index in [0.29, 0.717) is 23.7 Å². The quantitative estimate of drug-likeness (QED) is 0.0527. The fraction of sp³-hybridized carbons (Fsp3) is 0.900. The molecule has 2 amide bonds. The molecule has 0 aromatic rings. The molecule has 10 nitrogen and oxygen atoms in total. The summed E-state index contributed by atoms with van der Waals surface area (Å²) in [5, 5.41) is 19.1. The molecule has 0 spiro atoms. The Hall–Kier alpha value is -1.62. The Morgan fingerprint density at radius 3 is 1.06 bits per heavy atom. The number of nitrogens with two attached hydrogens (primary N) is 1.